The van der Waals surface area contributed by atoms with Crippen LogP contribution in [0.25, 0.3) is 0 Å². The zero-order valence-electron chi connectivity index (χ0n) is 10.2. The molecular weight excluding hydrogens is 307 g/mol. The van der Waals surface area contributed by atoms with Gasteiger partial charge < -0.3 is 5.32 Å². The molecule has 0 aromatic heterocycles. The lowest BCUT2D eigenvalue weighted by Crippen LogP contribution is -2.03. The molecule has 0 radical (unpaired) electrons. The van der Waals surface area contributed by atoms with E-state index in [0.29, 0.717) is 32.9 Å². The summed E-state index contributed by atoms with van der Waals surface area (Å²) < 4.78 is 38.5. The van der Waals surface area contributed by atoms with Gasteiger partial charge in [0, 0.05) is 27.7 Å². The number of alkyl halides is 2. The second-order valence-corrected chi connectivity index (χ2v) is 5.37. The second kappa shape index (κ2) is 6.90. The number of hydrogen-bond acceptors (Lipinski definition) is 2. The average Bonchev–Trinajstić information content (AvgIpc) is 2.39. The van der Waals surface area contributed by atoms with Crippen molar-refractivity contribution in [3.05, 3.63) is 58.9 Å². The highest BCUT2D eigenvalue weighted by Crippen LogP contribution is 2.32. The number of hydrogen-bond donors (Lipinski definition) is 1. The maximum Gasteiger partial charge on any atom is 0.288 e. The van der Waals surface area contributed by atoms with Crippen LogP contribution in [0.2, 0.25) is 5.02 Å². The summed E-state index contributed by atoms with van der Waals surface area (Å²) in [6, 6.07) is 11.1. The van der Waals surface area contributed by atoms with Gasteiger partial charge in [-0.25, -0.2) is 4.39 Å². The van der Waals surface area contributed by atoms with E-state index in [2.05, 4.69) is 5.32 Å². The predicted octanol–water partition coefficient (Wildman–Crippen LogP) is 5.41. The minimum atomic E-state index is -2.50. The van der Waals surface area contributed by atoms with E-state index in [9.17, 15) is 13.2 Å². The zero-order chi connectivity index (χ0) is 14.5. The first-order chi connectivity index (χ1) is 9.58. The number of halogens is 4. The molecule has 0 saturated carbocycles. The molecule has 0 heterocycles. The van der Waals surface area contributed by atoms with Gasteiger partial charge in [0.2, 0.25) is 0 Å². The number of nitrogens with one attached hydrogen (secondary N) is 1. The summed E-state index contributed by atoms with van der Waals surface area (Å²) in [5.41, 5.74) is 0.836. The van der Waals surface area contributed by atoms with Gasteiger partial charge in [-0.2, -0.15) is 8.78 Å². The van der Waals surface area contributed by atoms with E-state index in [0.717, 1.165) is 0 Å². The van der Waals surface area contributed by atoms with Crippen LogP contribution in [0.15, 0.2) is 47.4 Å². The molecular formula is C14H11ClF3NS. The number of thioether (sulfide) groups is 1. The first kappa shape index (κ1) is 15.1. The van der Waals surface area contributed by atoms with Crippen molar-refractivity contribution in [3.8, 4) is 0 Å². The van der Waals surface area contributed by atoms with Crippen molar-refractivity contribution in [2.24, 2.45) is 0 Å². The van der Waals surface area contributed by atoms with Crippen LogP contribution in [0.4, 0.5) is 18.9 Å². The maximum absolute atomic E-state index is 13.6. The molecule has 6 heteroatoms. The van der Waals surface area contributed by atoms with Gasteiger partial charge >= 0.3 is 0 Å². The monoisotopic (exact) mass is 317 g/mol. The molecule has 0 bridgehead atoms. The summed E-state index contributed by atoms with van der Waals surface area (Å²) in [4.78, 5) is 0.412. The van der Waals surface area contributed by atoms with E-state index in [1.54, 1.807) is 30.3 Å². The Morgan fingerprint density at radius 1 is 1.10 bits per heavy atom. The summed E-state index contributed by atoms with van der Waals surface area (Å²) in [6.45, 7) is 0.131. The fourth-order valence-electron chi connectivity index (χ4n) is 1.70. The Morgan fingerprint density at radius 2 is 1.85 bits per heavy atom. The van der Waals surface area contributed by atoms with E-state index < -0.39 is 11.6 Å². The van der Waals surface area contributed by atoms with Crippen LogP contribution in [-0.2, 0) is 6.54 Å². The smallest absolute Gasteiger partial charge is 0.288 e. The molecule has 0 unspecified atom stereocenters. The van der Waals surface area contributed by atoms with Crippen LogP contribution < -0.4 is 5.32 Å². The average molecular weight is 318 g/mol. The van der Waals surface area contributed by atoms with Crippen molar-refractivity contribution >= 4 is 29.1 Å². The quantitative estimate of drug-likeness (QED) is 0.740. The lowest BCUT2D eigenvalue weighted by atomic mass is 10.2. The molecule has 0 spiro atoms. The van der Waals surface area contributed by atoms with Gasteiger partial charge in [0.25, 0.3) is 5.76 Å². The molecule has 0 atom stereocenters. The van der Waals surface area contributed by atoms with Crippen molar-refractivity contribution in [2.75, 3.05) is 5.32 Å². The van der Waals surface area contributed by atoms with E-state index in [-0.39, 0.29) is 6.54 Å². The molecule has 20 heavy (non-hydrogen) atoms. The molecule has 2 aromatic carbocycles. The largest absolute Gasteiger partial charge is 0.380 e. The Balaban J connectivity index is 2.15. The second-order valence-electron chi connectivity index (χ2n) is 3.93. The minimum Gasteiger partial charge on any atom is -0.380 e. The topological polar surface area (TPSA) is 12.0 Å². The van der Waals surface area contributed by atoms with Crippen LogP contribution in [0.5, 0.6) is 0 Å². The fourth-order valence-corrected chi connectivity index (χ4v) is 2.54. The Hall–Kier alpha value is -1.33. The Bertz CT molecular complexity index is 572. The number of para-hydroxylation sites is 1. The Morgan fingerprint density at radius 3 is 2.55 bits per heavy atom. The van der Waals surface area contributed by atoms with Crippen molar-refractivity contribution < 1.29 is 13.2 Å². The number of benzene rings is 2. The summed E-state index contributed by atoms with van der Waals surface area (Å²) in [6.07, 6.45) is 0. The van der Waals surface area contributed by atoms with Gasteiger partial charge in [-0.05, 0) is 24.3 Å². The fraction of sp³-hybridized carbons (Fsp3) is 0.143. The predicted molar refractivity (Wildman–Crippen MR) is 77.0 cm³/mol. The molecule has 2 rings (SSSR count). The minimum absolute atomic E-state index is 0.131. The molecule has 1 nitrogen and oxygen atoms in total. The van der Waals surface area contributed by atoms with Gasteiger partial charge in [0.05, 0.1) is 0 Å². The maximum atomic E-state index is 13.6. The molecule has 0 aliphatic rings. The zero-order valence-corrected chi connectivity index (χ0v) is 11.8. The molecule has 0 amide bonds. The third kappa shape index (κ3) is 3.84. The van der Waals surface area contributed by atoms with Gasteiger partial charge in [-0.1, -0.05) is 41.6 Å². The van der Waals surface area contributed by atoms with Crippen LogP contribution in [0.3, 0.4) is 0 Å². The van der Waals surface area contributed by atoms with Gasteiger partial charge in [0.1, 0.15) is 5.82 Å². The summed E-state index contributed by atoms with van der Waals surface area (Å²) in [5.74, 6) is -2.93. The molecule has 0 aliphatic carbocycles. The van der Waals surface area contributed by atoms with Gasteiger partial charge in [0.15, 0.2) is 0 Å². The van der Waals surface area contributed by atoms with E-state index in [1.807, 2.05) is 0 Å². The third-order valence-electron chi connectivity index (χ3n) is 2.62. The van der Waals surface area contributed by atoms with Gasteiger partial charge in [-0.3, -0.25) is 0 Å². The number of rotatable bonds is 5. The number of anilines is 1. The van der Waals surface area contributed by atoms with Crippen molar-refractivity contribution in [3.63, 3.8) is 0 Å². The SMILES string of the molecule is Fc1cccc(Cl)c1CNc1ccccc1SC(F)F. The molecule has 0 saturated heterocycles. The molecule has 2 aromatic rings. The molecule has 1 N–H and O–H groups in total. The van der Waals surface area contributed by atoms with Crippen LogP contribution in [-0.4, -0.2) is 5.76 Å². The molecule has 0 aliphatic heterocycles. The normalized spacial score (nSPS) is 10.8. The van der Waals surface area contributed by atoms with Crippen LogP contribution in [0.1, 0.15) is 5.56 Å². The Labute approximate surface area is 124 Å². The van der Waals surface area contributed by atoms with E-state index in [4.69, 9.17) is 11.6 Å². The molecule has 106 valence electrons. The first-order valence-corrected chi connectivity index (χ1v) is 7.04. The summed E-state index contributed by atoms with van der Waals surface area (Å²) in [7, 11) is 0. The van der Waals surface area contributed by atoms with Crippen LogP contribution >= 0.6 is 23.4 Å². The lowest BCUT2D eigenvalue weighted by molar-refractivity contribution is 0.252. The van der Waals surface area contributed by atoms with Gasteiger partial charge in [-0.15, -0.1) is 0 Å². The van der Waals surface area contributed by atoms with Crippen molar-refractivity contribution in [1.29, 1.82) is 0 Å². The van der Waals surface area contributed by atoms with Crippen LogP contribution in [0, 0.1) is 5.82 Å². The molecule has 0 fully saturated rings. The lowest BCUT2D eigenvalue weighted by Gasteiger charge is -2.12. The first-order valence-electron chi connectivity index (χ1n) is 5.78. The third-order valence-corrected chi connectivity index (χ3v) is 3.76. The Kier molecular flexibility index (Phi) is 5.20. The van der Waals surface area contributed by atoms with E-state index in [1.165, 1.54) is 12.1 Å². The summed E-state index contributed by atoms with van der Waals surface area (Å²) >= 11 is 6.36. The van der Waals surface area contributed by atoms with E-state index >= 15 is 0 Å². The highest BCUT2D eigenvalue weighted by Gasteiger charge is 2.11. The highest BCUT2D eigenvalue weighted by atomic mass is 35.5. The van der Waals surface area contributed by atoms with Crippen molar-refractivity contribution in [1.82, 2.24) is 0 Å². The highest BCUT2D eigenvalue weighted by molar-refractivity contribution is 7.99. The standard InChI is InChI=1S/C14H11ClF3NS/c15-10-4-3-5-11(16)9(10)8-19-12-6-1-2-7-13(12)20-14(17)18/h1-7,14,19H,8H2. The summed E-state index contributed by atoms with van der Waals surface area (Å²) in [5, 5.41) is 3.24. The van der Waals surface area contributed by atoms with Crippen molar-refractivity contribution in [2.45, 2.75) is 17.2 Å².